The number of phenols is 1. The monoisotopic (exact) mass is 332 g/mol. The van der Waals surface area contributed by atoms with Gasteiger partial charge in [0, 0.05) is 14.2 Å². The highest BCUT2D eigenvalue weighted by Crippen LogP contribution is 2.62. The number of fused-ring (bicyclic) bond motifs is 5. The SMILES string of the molecule is COC.C[C@H]1CC2C(CCC3(C)C(O)CCC23)c2ccc(O)cc21. The first kappa shape index (κ1) is 17.8. The molecule has 0 amide bonds. The Balaban J connectivity index is 0.000000526. The van der Waals surface area contributed by atoms with Gasteiger partial charge >= 0.3 is 0 Å². The van der Waals surface area contributed by atoms with E-state index in [0.717, 1.165) is 12.8 Å². The summed E-state index contributed by atoms with van der Waals surface area (Å²) in [6, 6.07) is 5.99. The van der Waals surface area contributed by atoms with Gasteiger partial charge in [-0.1, -0.05) is 19.9 Å². The third kappa shape index (κ3) is 2.76. The van der Waals surface area contributed by atoms with Crippen LogP contribution in [0.15, 0.2) is 18.2 Å². The molecule has 24 heavy (non-hydrogen) atoms. The number of benzene rings is 1. The Kier molecular flexibility index (Phi) is 4.94. The maximum absolute atomic E-state index is 10.4. The largest absolute Gasteiger partial charge is 0.508 e. The van der Waals surface area contributed by atoms with Gasteiger partial charge in [-0.3, -0.25) is 0 Å². The molecule has 0 saturated heterocycles. The highest BCUT2D eigenvalue weighted by atomic mass is 16.4. The minimum Gasteiger partial charge on any atom is -0.508 e. The first-order valence-electron chi connectivity index (χ1n) is 9.33. The number of hydrogen-bond acceptors (Lipinski definition) is 3. The number of phenolic OH excluding ortho intramolecular Hbond substituents is 1. The number of rotatable bonds is 0. The number of aromatic hydroxyl groups is 1. The summed E-state index contributed by atoms with van der Waals surface area (Å²) in [5, 5.41) is 20.2. The lowest BCUT2D eigenvalue weighted by Crippen LogP contribution is -2.44. The Bertz CT molecular complexity index is 584. The fourth-order valence-corrected chi connectivity index (χ4v) is 5.84. The molecule has 3 aliphatic rings. The molecule has 2 N–H and O–H groups in total. The van der Waals surface area contributed by atoms with Gasteiger partial charge in [-0.25, -0.2) is 0 Å². The highest BCUT2D eigenvalue weighted by Gasteiger charge is 2.55. The first-order chi connectivity index (χ1) is 11.4. The lowest BCUT2D eigenvalue weighted by Gasteiger charge is -2.51. The fraction of sp³-hybridized carbons (Fsp3) is 0.714. The summed E-state index contributed by atoms with van der Waals surface area (Å²) >= 11 is 0. The second-order valence-corrected chi connectivity index (χ2v) is 8.37. The zero-order valence-electron chi connectivity index (χ0n) is 15.5. The predicted octanol–water partition coefficient (Wildman–Crippen LogP) is 4.43. The van der Waals surface area contributed by atoms with E-state index in [-0.39, 0.29) is 11.5 Å². The van der Waals surface area contributed by atoms with Gasteiger partial charge in [-0.15, -0.1) is 0 Å². The number of hydrogen-bond donors (Lipinski definition) is 2. The molecular weight excluding hydrogens is 300 g/mol. The smallest absolute Gasteiger partial charge is 0.115 e. The molecular formula is C21H32O3. The molecule has 3 heteroatoms. The van der Waals surface area contributed by atoms with Crippen molar-refractivity contribution in [3.05, 3.63) is 29.3 Å². The summed E-state index contributed by atoms with van der Waals surface area (Å²) in [5.41, 5.74) is 2.98. The van der Waals surface area contributed by atoms with Crippen LogP contribution in [0, 0.1) is 17.3 Å². The molecule has 1 aromatic rings. The van der Waals surface area contributed by atoms with Crippen LogP contribution in [0.3, 0.4) is 0 Å². The van der Waals surface area contributed by atoms with Gasteiger partial charge in [0.05, 0.1) is 6.10 Å². The van der Waals surface area contributed by atoms with Crippen molar-refractivity contribution in [2.75, 3.05) is 14.2 Å². The molecule has 4 rings (SSSR count). The molecule has 0 aromatic heterocycles. The van der Waals surface area contributed by atoms with Crippen molar-refractivity contribution in [2.24, 2.45) is 17.3 Å². The van der Waals surface area contributed by atoms with Crippen molar-refractivity contribution in [1.82, 2.24) is 0 Å². The van der Waals surface area contributed by atoms with Crippen LogP contribution >= 0.6 is 0 Å². The average molecular weight is 332 g/mol. The Morgan fingerprint density at radius 1 is 1.12 bits per heavy atom. The Labute approximate surface area is 146 Å². The highest BCUT2D eigenvalue weighted by molar-refractivity contribution is 5.42. The van der Waals surface area contributed by atoms with Gasteiger partial charge in [0.15, 0.2) is 0 Å². The number of aliphatic hydroxyl groups excluding tert-OH is 1. The van der Waals surface area contributed by atoms with Crippen molar-refractivity contribution in [3.63, 3.8) is 0 Å². The van der Waals surface area contributed by atoms with Crippen molar-refractivity contribution in [2.45, 2.75) is 63.9 Å². The van der Waals surface area contributed by atoms with E-state index < -0.39 is 0 Å². The summed E-state index contributed by atoms with van der Waals surface area (Å²) in [5.74, 6) is 2.95. The molecule has 6 atom stereocenters. The number of methoxy groups -OCH3 is 1. The minimum atomic E-state index is -0.0972. The molecule has 5 unspecified atom stereocenters. The number of ether oxygens (including phenoxy) is 1. The van der Waals surface area contributed by atoms with Crippen molar-refractivity contribution >= 4 is 0 Å². The third-order valence-corrected chi connectivity index (χ3v) is 7.01. The normalized spacial score (nSPS) is 40.0. The van der Waals surface area contributed by atoms with Crippen molar-refractivity contribution < 1.29 is 14.9 Å². The summed E-state index contributed by atoms with van der Waals surface area (Å²) in [4.78, 5) is 0. The van der Waals surface area contributed by atoms with E-state index in [4.69, 9.17) is 0 Å². The predicted molar refractivity (Wildman–Crippen MR) is 96.4 cm³/mol. The first-order valence-corrected chi connectivity index (χ1v) is 9.33. The zero-order valence-corrected chi connectivity index (χ0v) is 15.5. The summed E-state index contributed by atoms with van der Waals surface area (Å²) in [6.45, 7) is 4.62. The minimum absolute atomic E-state index is 0.0972. The van der Waals surface area contributed by atoms with E-state index in [1.54, 1.807) is 14.2 Å². The molecule has 0 aliphatic heterocycles. The van der Waals surface area contributed by atoms with Crippen LogP contribution in [0.4, 0.5) is 0 Å². The van der Waals surface area contributed by atoms with E-state index in [2.05, 4.69) is 24.7 Å². The molecule has 3 aliphatic carbocycles. The number of aliphatic hydroxyl groups is 1. The van der Waals surface area contributed by atoms with E-state index in [1.165, 1.54) is 30.4 Å². The molecule has 0 heterocycles. The zero-order chi connectivity index (χ0) is 17.5. The summed E-state index contributed by atoms with van der Waals surface area (Å²) in [6.07, 6.45) is 5.64. The Hall–Kier alpha value is -1.06. The average Bonchev–Trinajstić information content (AvgIpc) is 2.84. The van der Waals surface area contributed by atoms with Crippen LogP contribution in [-0.4, -0.2) is 30.5 Å². The van der Waals surface area contributed by atoms with Crippen LogP contribution in [0.1, 0.15) is 68.9 Å². The maximum atomic E-state index is 10.4. The molecule has 2 fully saturated rings. The van der Waals surface area contributed by atoms with Crippen LogP contribution in [0.2, 0.25) is 0 Å². The van der Waals surface area contributed by atoms with Gasteiger partial charge in [0.25, 0.3) is 0 Å². The van der Waals surface area contributed by atoms with Crippen molar-refractivity contribution in [3.8, 4) is 5.75 Å². The lowest BCUT2D eigenvalue weighted by molar-refractivity contribution is -0.0245. The van der Waals surface area contributed by atoms with Crippen LogP contribution in [0.5, 0.6) is 5.75 Å². The Morgan fingerprint density at radius 3 is 2.54 bits per heavy atom. The van der Waals surface area contributed by atoms with Crippen LogP contribution in [-0.2, 0) is 4.74 Å². The van der Waals surface area contributed by atoms with E-state index in [0.29, 0.717) is 29.4 Å². The Morgan fingerprint density at radius 2 is 1.83 bits per heavy atom. The second kappa shape index (κ2) is 6.68. The van der Waals surface area contributed by atoms with Gasteiger partial charge in [0.2, 0.25) is 0 Å². The summed E-state index contributed by atoms with van der Waals surface area (Å²) in [7, 11) is 3.25. The molecule has 1 aromatic carbocycles. The van der Waals surface area contributed by atoms with E-state index in [9.17, 15) is 10.2 Å². The topological polar surface area (TPSA) is 49.7 Å². The van der Waals surface area contributed by atoms with Gasteiger partial charge < -0.3 is 14.9 Å². The van der Waals surface area contributed by atoms with E-state index >= 15 is 0 Å². The second-order valence-electron chi connectivity index (χ2n) is 8.37. The third-order valence-electron chi connectivity index (χ3n) is 7.01. The molecule has 0 radical (unpaired) electrons. The standard InChI is InChI=1S/C19H26O2.C2H6O/c1-11-9-16-14(13-4-3-12(20)10-15(11)13)7-8-19(2)17(16)5-6-18(19)21;1-3-2/h3-4,10-11,14,16-18,20-21H,5-9H2,1-2H3;1-2H3/t11-,14?,16?,17?,18?,19?;/m0./s1. The van der Waals surface area contributed by atoms with Crippen LogP contribution in [0.25, 0.3) is 0 Å². The lowest BCUT2D eigenvalue weighted by atomic mass is 9.54. The maximum Gasteiger partial charge on any atom is 0.115 e. The summed E-state index contributed by atoms with van der Waals surface area (Å²) < 4.78 is 4.25. The van der Waals surface area contributed by atoms with Gasteiger partial charge in [0.1, 0.15) is 5.75 Å². The van der Waals surface area contributed by atoms with Gasteiger partial charge in [-0.2, -0.15) is 0 Å². The molecule has 2 saturated carbocycles. The van der Waals surface area contributed by atoms with Crippen molar-refractivity contribution in [1.29, 1.82) is 0 Å². The molecule has 0 bridgehead atoms. The molecule has 3 nitrogen and oxygen atoms in total. The van der Waals surface area contributed by atoms with Crippen LogP contribution < -0.4 is 0 Å². The van der Waals surface area contributed by atoms with E-state index in [1.807, 2.05) is 12.1 Å². The molecule has 0 spiro atoms. The quantitative estimate of drug-likeness (QED) is 0.739. The van der Waals surface area contributed by atoms with Gasteiger partial charge in [-0.05, 0) is 84.5 Å². The molecule has 134 valence electrons. The fourth-order valence-electron chi connectivity index (χ4n) is 5.84.